The van der Waals surface area contributed by atoms with Crippen LogP contribution < -0.4 is 5.56 Å². The molecule has 0 spiro atoms. The van der Waals surface area contributed by atoms with Gasteiger partial charge in [-0.1, -0.05) is 42.5 Å². The van der Waals surface area contributed by atoms with Crippen LogP contribution in [0.25, 0.3) is 34.4 Å². The largest absolute Gasteiger partial charge is 0.306 e. The Hall–Kier alpha value is -3.53. The number of aromatic nitrogens is 3. The number of aryl methyl sites for hydroxylation is 1. The van der Waals surface area contributed by atoms with Crippen molar-refractivity contribution in [1.82, 2.24) is 15.0 Å². The highest BCUT2D eigenvalue weighted by molar-refractivity contribution is 5.83. The van der Waals surface area contributed by atoms with E-state index in [2.05, 4.69) is 15.0 Å². The third-order valence-corrected chi connectivity index (χ3v) is 4.30. The quantitative estimate of drug-likeness (QED) is 0.599. The summed E-state index contributed by atoms with van der Waals surface area (Å²) in [6, 6.07) is 19.1. The SMILES string of the molecule is Cc1cccc(-c2nc3ccccc3c(=O)[nH]2)c1C=Cc1ccccn1. The molecule has 0 saturated carbocycles. The molecular formula is C22H17N3O. The van der Waals surface area contributed by atoms with Gasteiger partial charge in [0.25, 0.3) is 5.56 Å². The van der Waals surface area contributed by atoms with Crippen LogP contribution in [0.1, 0.15) is 16.8 Å². The minimum Gasteiger partial charge on any atom is -0.306 e. The summed E-state index contributed by atoms with van der Waals surface area (Å²) < 4.78 is 0. The molecule has 0 amide bonds. The fourth-order valence-electron chi connectivity index (χ4n) is 2.97. The van der Waals surface area contributed by atoms with Gasteiger partial charge in [-0.05, 0) is 48.4 Å². The fraction of sp³-hybridized carbons (Fsp3) is 0.0455. The van der Waals surface area contributed by atoms with Gasteiger partial charge in [0.2, 0.25) is 0 Å². The van der Waals surface area contributed by atoms with E-state index in [1.807, 2.05) is 73.7 Å². The molecule has 0 bridgehead atoms. The van der Waals surface area contributed by atoms with Gasteiger partial charge in [-0.2, -0.15) is 0 Å². The van der Waals surface area contributed by atoms with Crippen LogP contribution in [-0.4, -0.2) is 15.0 Å². The molecule has 0 saturated heterocycles. The van der Waals surface area contributed by atoms with Gasteiger partial charge in [0.05, 0.1) is 16.6 Å². The zero-order valence-corrected chi connectivity index (χ0v) is 14.3. The van der Waals surface area contributed by atoms with Gasteiger partial charge in [0.1, 0.15) is 5.82 Å². The Morgan fingerprint density at radius 2 is 1.77 bits per heavy atom. The zero-order valence-electron chi connectivity index (χ0n) is 14.3. The first kappa shape index (κ1) is 16.0. The van der Waals surface area contributed by atoms with E-state index in [9.17, 15) is 4.79 Å². The predicted molar refractivity (Wildman–Crippen MR) is 106 cm³/mol. The topological polar surface area (TPSA) is 58.6 Å². The number of rotatable bonds is 3. The molecule has 2 heterocycles. The van der Waals surface area contributed by atoms with Crippen LogP contribution in [0.4, 0.5) is 0 Å². The standard InChI is InChI=1S/C22H17N3O/c1-15-7-6-10-18(17(15)13-12-16-8-4-5-14-23-16)21-24-20-11-3-2-9-19(20)22(26)25-21/h2-14H,1H3,(H,24,25,26). The summed E-state index contributed by atoms with van der Waals surface area (Å²) in [5.74, 6) is 0.568. The fourth-order valence-corrected chi connectivity index (χ4v) is 2.97. The molecule has 4 heteroatoms. The molecule has 1 N–H and O–H groups in total. The number of aromatic amines is 1. The van der Waals surface area contributed by atoms with Crippen molar-refractivity contribution in [2.24, 2.45) is 0 Å². The second-order valence-corrected chi connectivity index (χ2v) is 6.06. The van der Waals surface area contributed by atoms with Crippen molar-refractivity contribution in [1.29, 1.82) is 0 Å². The molecule has 0 unspecified atom stereocenters. The average Bonchev–Trinajstić information content (AvgIpc) is 2.67. The summed E-state index contributed by atoms with van der Waals surface area (Å²) in [4.78, 5) is 24.3. The molecular weight excluding hydrogens is 322 g/mol. The van der Waals surface area contributed by atoms with E-state index in [0.717, 1.165) is 22.4 Å². The minimum atomic E-state index is -0.133. The molecule has 0 atom stereocenters. The lowest BCUT2D eigenvalue weighted by molar-refractivity contribution is 1.17. The van der Waals surface area contributed by atoms with Crippen molar-refractivity contribution in [2.75, 3.05) is 0 Å². The summed E-state index contributed by atoms with van der Waals surface area (Å²) >= 11 is 0. The Morgan fingerprint density at radius 1 is 0.923 bits per heavy atom. The maximum atomic E-state index is 12.4. The van der Waals surface area contributed by atoms with Gasteiger partial charge in [-0.3, -0.25) is 9.78 Å². The normalized spacial score (nSPS) is 11.3. The second kappa shape index (κ2) is 6.76. The van der Waals surface area contributed by atoms with E-state index >= 15 is 0 Å². The van der Waals surface area contributed by atoms with Gasteiger partial charge in [-0.15, -0.1) is 0 Å². The highest BCUT2D eigenvalue weighted by Crippen LogP contribution is 2.25. The molecule has 0 aliphatic rings. The van der Waals surface area contributed by atoms with Crippen molar-refractivity contribution in [3.05, 3.63) is 94.0 Å². The van der Waals surface area contributed by atoms with Gasteiger partial charge in [0, 0.05) is 11.8 Å². The zero-order chi connectivity index (χ0) is 17.9. The molecule has 26 heavy (non-hydrogen) atoms. The van der Waals surface area contributed by atoms with Gasteiger partial charge in [0.15, 0.2) is 0 Å². The molecule has 0 aliphatic heterocycles. The maximum Gasteiger partial charge on any atom is 0.259 e. The molecule has 126 valence electrons. The predicted octanol–water partition coefficient (Wildman–Crippen LogP) is 4.46. The first-order valence-corrected chi connectivity index (χ1v) is 8.40. The van der Waals surface area contributed by atoms with Crippen molar-refractivity contribution in [3.8, 4) is 11.4 Å². The van der Waals surface area contributed by atoms with E-state index < -0.39 is 0 Å². The maximum absolute atomic E-state index is 12.4. The van der Waals surface area contributed by atoms with Crippen LogP contribution >= 0.6 is 0 Å². The number of para-hydroxylation sites is 1. The molecule has 4 aromatic rings. The van der Waals surface area contributed by atoms with Crippen LogP contribution in [0.3, 0.4) is 0 Å². The van der Waals surface area contributed by atoms with E-state index in [4.69, 9.17) is 0 Å². The molecule has 0 radical (unpaired) electrons. The summed E-state index contributed by atoms with van der Waals surface area (Å²) in [5, 5.41) is 0.592. The van der Waals surface area contributed by atoms with Crippen LogP contribution in [0.5, 0.6) is 0 Å². The van der Waals surface area contributed by atoms with Crippen molar-refractivity contribution < 1.29 is 0 Å². The Kier molecular flexibility index (Phi) is 4.15. The number of H-pyrrole nitrogens is 1. The highest BCUT2D eigenvalue weighted by Gasteiger charge is 2.10. The molecule has 4 nitrogen and oxygen atoms in total. The number of hydrogen-bond donors (Lipinski definition) is 1. The summed E-state index contributed by atoms with van der Waals surface area (Å²) in [7, 11) is 0. The number of nitrogens with zero attached hydrogens (tertiary/aromatic N) is 2. The van der Waals surface area contributed by atoms with Crippen LogP contribution in [0.2, 0.25) is 0 Å². The Balaban J connectivity index is 1.87. The van der Waals surface area contributed by atoms with E-state index in [-0.39, 0.29) is 5.56 Å². The molecule has 2 aromatic carbocycles. The van der Waals surface area contributed by atoms with Crippen molar-refractivity contribution in [2.45, 2.75) is 6.92 Å². The van der Waals surface area contributed by atoms with E-state index in [0.29, 0.717) is 16.7 Å². The van der Waals surface area contributed by atoms with Crippen molar-refractivity contribution >= 4 is 23.1 Å². The summed E-state index contributed by atoms with van der Waals surface area (Å²) in [5.41, 5.74) is 4.43. The van der Waals surface area contributed by atoms with Crippen LogP contribution in [0.15, 0.2) is 71.7 Å². The highest BCUT2D eigenvalue weighted by atomic mass is 16.1. The third-order valence-electron chi connectivity index (χ3n) is 4.30. The first-order valence-electron chi connectivity index (χ1n) is 8.40. The molecule has 0 fully saturated rings. The summed E-state index contributed by atoms with van der Waals surface area (Å²) in [6.45, 7) is 2.04. The smallest absolute Gasteiger partial charge is 0.259 e. The first-order chi connectivity index (χ1) is 12.7. The van der Waals surface area contributed by atoms with Gasteiger partial charge >= 0.3 is 0 Å². The van der Waals surface area contributed by atoms with Gasteiger partial charge < -0.3 is 4.98 Å². The Bertz CT molecular complexity index is 1160. The number of fused-ring (bicyclic) bond motifs is 1. The van der Waals surface area contributed by atoms with E-state index in [1.54, 1.807) is 12.3 Å². The monoisotopic (exact) mass is 339 g/mol. The van der Waals surface area contributed by atoms with Crippen LogP contribution in [-0.2, 0) is 0 Å². The van der Waals surface area contributed by atoms with E-state index in [1.165, 1.54) is 0 Å². The molecule has 4 rings (SSSR count). The molecule has 2 aromatic heterocycles. The Morgan fingerprint density at radius 3 is 2.62 bits per heavy atom. The van der Waals surface area contributed by atoms with Crippen LogP contribution in [0, 0.1) is 6.92 Å². The number of pyridine rings is 1. The second-order valence-electron chi connectivity index (χ2n) is 6.06. The minimum absolute atomic E-state index is 0.133. The third kappa shape index (κ3) is 3.05. The Labute approximate surface area is 150 Å². The number of nitrogens with one attached hydrogen (secondary N) is 1. The lowest BCUT2D eigenvalue weighted by Crippen LogP contribution is -2.10. The van der Waals surface area contributed by atoms with Gasteiger partial charge in [-0.25, -0.2) is 4.98 Å². The molecule has 0 aliphatic carbocycles. The average molecular weight is 339 g/mol. The lowest BCUT2D eigenvalue weighted by atomic mass is 10.00. The number of benzene rings is 2. The summed E-state index contributed by atoms with van der Waals surface area (Å²) in [6.07, 6.45) is 5.74. The number of hydrogen-bond acceptors (Lipinski definition) is 3. The van der Waals surface area contributed by atoms with Crippen molar-refractivity contribution in [3.63, 3.8) is 0 Å². The lowest BCUT2D eigenvalue weighted by Gasteiger charge is -2.09.